The van der Waals surface area contributed by atoms with Gasteiger partial charge in [0.1, 0.15) is 11.5 Å². The SMILES string of the molecule is Cn1nc(-c2cc(C(F)(F)F)c(F)c(O)c2F)c2cnc(N3CC4CCC3CO4)cc21. The number of fused-ring (bicyclic) bond motifs is 4. The second-order valence-electron chi connectivity index (χ2n) is 7.82. The summed E-state index contributed by atoms with van der Waals surface area (Å²) in [5.41, 5.74) is -2.08. The van der Waals surface area contributed by atoms with Crippen LogP contribution in [0.3, 0.4) is 0 Å². The van der Waals surface area contributed by atoms with Crippen LogP contribution in [0.2, 0.25) is 0 Å². The van der Waals surface area contributed by atoms with Crippen LogP contribution in [0.25, 0.3) is 22.2 Å². The van der Waals surface area contributed by atoms with E-state index < -0.39 is 34.7 Å². The molecule has 2 atom stereocenters. The molecule has 3 saturated heterocycles. The molecule has 0 aliphatic carbocycles. The number of phenolic OH excluding ortho intramolecular Hbond substituents is 1. The van der Waals surface area contributed by atoms with E-state index in [9.17, 15) is 27.1 Å². The van der Waals surface area contributed by atoms with Gasteiger partial charge in [0.15, 0.2) is 17.4 Å². The lowest BCUT2D eigenvalue weighted by Gasteiger charge is -2.45. The molecular weight excluding hydrogens is 423 g/mol. The normalized spacial score (nSPS) is 21.3. The van der Waals surface area contributed by atoms with Crippen molar-refractivity contribution in [3.63, 3.8) is 0 Å². The smallest absolute Gasteiger partial charge is 0.419 e. The topological polar surface area (TPSA) is 63.4 Å². The van der Waals surface area contributed by atoms with Crippen LogP contribution in [-0.4, -0.2) is 45.2 Å². The maximum Gasteiger partial charge on any atom is 0.419 e. The van der Waals surface area contributed by atoms with E-state index in [4.69, 9.17) is 4.74 Å². The number of hydrogen-bond acceptors (Lipinski definition) is 5. The summed E-state index contributed by atoms with van der Waals surface area (Å²) in [5, 5.41) is 14.0. The van der Waals surface area contributed by atoms with Gasteiger partial charge in [-0.2, -0.15) is 18.3 Å². The number of aromatic hydroxyl groups is 1. The van der Waals surface area contributed by atoms with Crippen LogP contribution < -0.4 is 4.90 Å². The molecule has 6 nitrogen and oxygen atoms in total. The molecule has 0 spiro atoms. The summed E-state index contributed by atoms with van der Waals surface area (Å²) in [4.78, 5) is 6.55. The molecule has 0 saturated carbocycles. The maximum atomic E-state index is 14.6. The number of pyridine rings is 1. The van der Waals surface area contributed by atoms with Crippen molar-refractivity contribution >= 4 is 16.7 Å². The molecular formula is C20H17F5N4O2. The van der Waals surface area contributed by atoms with Crippen molar-refractivity contribution in [2.24, 2.45) is 7.05 Å². The van der Waals surface area contributed by atoms with Crippen molar-refractivity contribution < 1.29 is 31.8 Å². The highest BCUT2D eigenvalue weighted by Gasteiger charge is 2.38. The van der Waals surface area contributed by atoms with Gasteiger partial charge in [-0.1, -0.05) is 0 Å². The van der Waals surface area contributed by atoms with Gasteiger partial charge < -0.3 is 14.7 Å². The molecule has 31 heavy (non-hydrogen) atoms. The Morgan fingerprint density at radius 3 is 2.55 bits per heavy atom. The minimum Gasteiger partial charge on any atom is -0.503 e. The van der Waals surface area contributed by atoms with Crippen molar-refractivity contribution in [1.29, 1.82) is 0 Å². The molecule has 1 aromatic carbocycles. The Hall–Kier alpha value is -2.95. The Balaban J connectivity index is 1.63. The summed E-state index contributed by atoms with van der Waals surface area (Å²) in [6.07, 6.45) is -1.63. The van der Waals surface area contributed by atoms with Gasteiger partial charge in [0.25, 0.3) is 0 Å². The fourth-order valence-electron chi connectivity index (χ4n) is 4.33. The highest BCUT2D eigenvalue weighted by molar-refractivity contribution is 5.94. The summed E-state index contributed by atoms with van der Waals surface area (Å²) in [6.45, 7) is 1.28. The first-order chi connectivity index (χ1) is 14.6. The summed E-state index contributed by atoms with van der Waals surface area (Å²) in [7, 11) is 1.56. The Bertz CT molecular complexity index is 1180. The average Bonchev–Trinajstić information content (AvgIpc) is 3.08. The van der Waals surface area contributed by atoms with Gasteiger partial charge in [-0.05, 0) is 18.9 Å². The first-order valence-electron chi connectivity index (χ1n) is 9.64. The van der Waals surface area contributed by atoms with E-state index in [2.05, 4.69) is 15.0 Å². The molecule has 0 amide bonds. The number of aromatic nitrogens is 3. The fraction of sp³-hybridized carbons (Fsp3) is 0.400. The quantitative estimate of drug-likeness (QED) is 0.611. The molecule has 3 fully saturated rings. The van der Waals surface area contributed by atoms with Gasteiger partial charge in [0, 0.05) is 36.8 Å². The number of nitrogens with zero attached hydrogens (tertiary/aromatic N) is 4. The van der Waals surface area contributed by atoms with Crippen LogP contribution in [0.5, 0.6) is 5.75 Å². The van der Waals surface area contributed by atoms with E-state index in [0.29, 0.717) is 30.6 Å². The third-order valence-electron chi connectivity index (χ3n) is 5.94. The van der Waals surface area contributed by atoms with Gasteiger partial charge in [0.05, 0.1) is 29.8 Å². The predicted molar refractivity (Wildman–Crippen MR) is 101 cm³/mol. The van der Waals surface area contributed by atoms with E-state index in [1.165, 1.54) is 10.9 Å². The Morgan fingerprint density at radius 2 is 1.94 bits per heavy atom. The minimum atomic E-state index is -5.12. The number of aryl methyl sites for hydroxylation is 1. The van der Waals surface area contributed by atoms with Crippen LogP contribution in [0.4, 0.5) is 27.8 Å². The van der Waals surface area contributed by atoms with Crippen molar-refractivity contribution in [3.8, 4) is 17.0 Å². The monoisotopic (exact) mass is 440 g/mol. The summed E-state index contributed by atoms with van der Waals surface area (Å²) >= 11 is 0. The van der Waals surface area contributed by atoms with Gasteiger partial charge in [-0.15, -0.1) is 0 Å². The van der Waals surface area contributed by atoms with Crippen LogP contribution in [-0.2, 0) is 18.0 Å². The van der Waals surface area contributed by atoms with Crippen LogP contribution in [0.15, 0.2) is 18.3 Å². The zero-order valence-electron chi connectivity index (χ0n) is 16.2. The molecule has 5 heterocycles. The molecule has 6 rings (SSSR count). The van der Waals surface area contributed by atoms with E-state index in [-0.39, 0.29) is 23.2 Å². The molecule has 3 aromatic rings. The molecule has 3 aliphatic heterocycles. The number of hydrogen-bond donors (Lipinski definition) is 1. The summed E-state index contributed by atoms with van der Waals surface area (Å²) in [6, 6.07) is 2.24. The zero-order chi connectivity index (χ0) is 22.1. The number of halogens is 5. The number of alkyl halides is 3. The highest BCUT2D eigenvalue weighted by atomic mass is 19.4. The minimum absolute atomic E-state index is 0.127. The Labute approximate surface area is 172 Å². The maximum absolute atomic E-state index is 14.6. The molecule has 2 unspecified atom stereocenters. The second-order valence-corrected chi connectivity index (χ2v) is 7.82. The number of phenols is 1. The third kappa shape index (κ3) is 3.10. The first-order valence-corrected chi connectivity index (χ1v) is 9.64. The molecule has 2 bridgehead atoms. The Kier molecular flexibility index (Phi) is 4.37. The summed E-state index contributed by atoms with van der Waals surface area (Å²) in [5.74, 6) is -4.60. The zero-order valence-corrected chi connectivity index (χ0v) is 16.2. The number of piperidine rings is 1. The van der Waals surface area contributed by atoms with E-state index in [1.54, 1.807) is 13.1 Å². The van der Waals surface area contributed by atoms with Gasteiger partial charge in [0.2, 0.25) is 0 Å². The van der Waals surface area contributed by atoms with Gasteiger partial charge in [-0.3, -0.25) is 4.68 Å². The molecule has 2 aromatic heterocycles. The van der Waals surface area contributed by atoms with Gasteiger partial charge in [-0.25, -0.2) is 13.8 Å². The van der Waals surface area contributed by atoms with Crippen molar-refractivity contribution in [1.82, 2.24) is 14.8 Å². The van der Waals surface area contributed by atoms with Crippen molar-refractivity contribution in [3.05, 3.63) is 35.5 Å². The molecule has 164 valence electrons. The van der Waals surface area contributed by atoms with Crippen LogP contribution >= 0.6 is 0 Å². The molecule has 3 aliphatic rings. The van der Waals surface area contributed by atoms with Crippen molar-refractivity contribution in [2.75, 3.05) is 18.1 Å². The molecule has 1 N–H and O–H groups in total. The average molecular weight is 440 g/mol. The van der Waals surface area contributed by atoms with Gasteiger partial charge >= 0.3 is 6.18 Å². The van der Waals surface area contributed by atoms with E-state index in [0.717, 1.165) is 12.8 Å². The Morgan fingerprint density at radius 1 is 1.16 bits per heavy atom. The number of ether oxygens (including phenoxy) is 1. The largest absolute Gasteiger partial charge is 0.503 e. The fourth-order valence-corrected chi connectivity index (χ4v) is 4.33. The predicted octanol–water partition coefficient (Wildman–Crippen LogP) is 4.01. The number of morpholine rings is 1. The first kappa shape index (κ1) is 20.0. The number of benzene rings is 1. The van der Waals surface area contributed by atoms with E-state index in [1.807, 2.05) is 0 Å². The van der Waals surface area contributed by atoms with Crippen LogP contribution in [0.1, 0.15) is 18.4 Å². The second kappa shape index (κ2) is 6.78. The van der Waals surface area contributed by atoms with Crippen molar-refractivity contribution in [2.45, 2.75) is 31.2 Å². The van der Waals surface area contributed by atoms with E-state index >= 15 is 0 Å². The number of rotatable bonds is 2. The molecule has 11 heteroatoms. The lowest BCUT2D eigenvalue weighted by Crippen LogP contribution is -2.54. The molecule has 0 radical (unpaired) electrons. The third-order valence-corrected chi connectivity index (χ3v) is 5.94. The summed E-state index contributed by atoms with van der Waals surface area (Å²) < 4.78 is 75.1. The lowest BCUT2D eigenvalue weighted by atomic mass is 9.97. The number of anilines is 1. The lowest BCUT2D eigenvalue weighted by molar-refractivity contribution is -0.140. The standard InChI is InChI=1S/C20H17F5N4O2/c1-28-14-5-15(29-7-10-3-2-9(29)8-31-10)26-6-12(14)18(27-28)11-4-13(20(23,24)25)17(22)19(30)16(11)21/h4-6,9-10,30H,2-3,7-8H2,1H3. The van der Waals surface area contributed by atoms with Crippen LogP contribution in [0, 0.1) is 11.6 Å². The highest BCUT2D eigenvalue weighted by Crippen LogP contribution is 2.42.